The molecule has 3 nitrogen and oxygen atoms in total. The van der Waals surface area contributed by atoms with Gasteiger partial charge in [0.2, 0.25) is 0 Å². The summed E-state index contributed by atoms with van der Waals surface area (Å²) in [6.07, 6.45) is 16.2. The Hall–Kier alpha value is -2.29. The van der Waals surface area contributed by atoms with E-state index in [2.05, 4.69) is 6.92 Å². The minimum absolute atomic E-state index is 0.307. The minimum atomic E-state index is -0.900. The van der Waals surface area contributed by atoms with Gasteiger partial charge in [-0.15, -0.1) is 0 Å². The van der Waals surface area contributed by atoms with Crippen molar-refractivity contribution in [1.82, 2.24) is 0 Å². The zero-order valence-corrected chi connectivity index (χ0v) is 18.6. The third kappa shape index (κ3) is 9.47. The molecule has 0 amide bonds. The second kappa shape index (κ2) is 14.7. The maximum atomic E-state index is 10.9. The molecule has 0 fully saturated rings. The number of hydrogen-bond acceptors (Lipinski definition) is 2. The van der Waals surface area contributed by atoms with E-state index in [-0.39, 0.29) is 0 Å². The topological polar surface area (TPSA) is 46.5 Å². The highest BCUT2D eigenvalue weighted by Crippen LogP contribution is 2.23. The Kier molecular flexibility index (Phi) is 11.7. The van der Waals surface area contributed by atoms with E-state index in [1.807, 2.05) is 36.4 Å². The van der Waals surface area contributed by atoms with E-state index in [1.165, 1.54) is 70.6 Å². The lowest BCUT2D eigenvalue weighted by Gasteiger charge is -2.08. The van der Waals surface area contributed by atoms with Gasteiger partial charge in [-0.2, -0.15) is 0 Å². The van der Waals surface area contributed by atoms with E-state index in [1.54, 1.807) is 12.1 Å². The van der Waals surface area contributed by atoms with Gasteiger partial charge in [0.05, 0.1) is 12.2 Å². The van der Waals surface area contributed by atoms with Gasteiger partial charge in [0.1, 0.15) is 5.75 Å². The van der Waals surface area contributed by atoms with Gasteiger partial charge in [0, 0.05) is 0 Å². The second-order valence-electron chi connectivity index (χ2n) is 8.14. The molecule has 30 heavy (non-hydrogen) atoms. The SMILES string of the molecule is CCCCCCCCCCCCCCOc1ccc(-c2ccc(C(=O)O)cc2)cc1. The summed E-state index contributed by atoms with van der Waals surface area (Å²) >= 11 is 0. The number of aromatic carboxylic acids is 1. The Morgan fingerprint density at radius 1 is 0.667 bits per heavy atom. The highest BCUT2D eigenvalue weighted by molar-refractivity contribution is 5.88. The lowest BCUT2D eigenvalue weighted by Crippen LogP contribution is -1.97. The van der Waals surface area contributed by atoms with Crippen molar-refractivity contribution in [3.05, 3.63) is 54.1 Å². The fraction of sp³-hybridized carbons (Fsp3) is 0.519. The molecule has 0 aliphatic carbocycles. The normalized spacial score (nSPS) is 10.8. The van der Waals surface area contributed by atoms with Gasteiger partial charge >= 0.3 is 5.97 Å². The first-order chi connectivity index (χ1) is 14.7. The van der Waals surface area contributed by atoms with Crippen LogP contribution in [-0.2, 0) is 0 Å². The molecule has 0 heterocycles. The summed E-state index contributed by atoms with van der Waals surface area (Å²) in [6, 6.07) is 15.0. The first-order valence-corrected chi connectivity index (χ1v) is 11.8. The van der Waals surface area contributed by atoms with E-state index in [0.717, 1.165) is 29.9 Å². The van der Waals surface area contributed by atoms with Gasteiger partial charge in [-0.1, -0.05) is 102 Å². The van der Waals surface area contributed by atoms with E-state index in [0.29, 0.717) is 5.56 Å². The quantitative estimate of drug-likeness (QED) is 0.284. The van der Waals surface area contributed by atoms with Crippen LogP contribution in [0.3, 0.4) is 0 Å². The molecule has 0 bridgehead atoms. The number of carboxylic acids is 1. The molecule has 0 unspecified atom stereocenters. The number of unbranched alkanes of at least 4 members (excludes halogenated alkanes) is 11. The smallest absolute Gasteiger partial charge is 0.335 e. The van der Waals surface area contributed by atoms with Crippen LogP contribution in [-0.4, -0.2) is 17.7 Å². The molecule has 2 rings (SSSR count). The van der Waals surface area contributed by atoms with Crippen molar-refractivity contribution in [3.63, 3.8) is 0 Å². The summed E-state index contributed by atoms with van der Waals surface area (Å²) < 4.78 is 5.86. The second-order valence-corrected chi connectivity index (χ2v) is 8.14. The van der Waals surface area contributed by atoms with Crippen LogP contribution in [0.4, 0.5) is 0 Å². The van der Waals surface area contributed by atoms with Crippen LogP contribution in [0.15, 0.2) is 48.5 Å². The first-order valence-electron chi connectivity index (χ1n) is 11.8. The van der Waals surface area contributed by atoms with Crippen LogP contribution in [0, 0.1) is 0 Å². The Bertz CT molecular complexity index is 704. The molecule has 0 saturated heterocycles. The average molecular weight is 411 g/mol. The lowest BCUT2D eigenvalue weighted by molar-refractivity contribution is 0.0697. The van der Waals surface area contributed by atoms with Crippen molar-refractivity contribution in [1.29, 1.82) is 0 Å². The summed E-state index contributed by atoms with van der Waals surface area (Å²) in [4.78, 5) is 10.9. The molecule has 0 spiro atoms. The van der Waals surface area contributed by atoms with E-state index in [4.69, 9.17) is 9.84 Å². The van der Waals surface area contributed by atoms with Gasteiger partial charge in [-0.25, -0.2) is 4.79 Å². The Morgan fingerprint density at radius 2 is 1.10 bits per heavy atom. The predicted octanol–water partition coefficient (Wildman–Crippen LogP) is 8.13. The number of benzene rings is 2. The van der Waals surface area contributed by atoms with Crippen molar-refractivity contribution in [2.45, 2.75) is 84.0 Å². The fourth-order valence-electron chi connectivity index (χ4n) is 3.68. The molecular weight excluding hydrogens is 372 g/mol. The summed E-state index contributed by atoms with van der Waals surface area (Å²) in [5.74, 6) is -0.00733. The van der Waals surface area contributed by atoms with Crippen LogP contribution < -0.4 is 4.74 Å². The summed E-state index contributed by atoms with van der Waals surface area (Å²) in [6.45, 7) is 3.04. The molecule has 1 N–H and O–H groups in total. The molecule has 0 aromatic heterocycles. The number of rotatable bonds is 16. The van der Waals surface area contributed by atoms with Crippen molar-refractivity contribution in [3.8, 4) is 16.9 Å². The van der Waals surface area contributed by atoms with Crippen LogP contribution in [0.1, 0.15) is 94.3 Å². The van der Waals surface area contributed by atoms with Gasteiger partial charge < -0.3 is 9.84 Å². The zero-order chi connectivity index (χ0) is 21.4. The molecule has 0 radical (unpaired) electrons. The molecule has 0 aliphatic heterocycles. The van der Waals surface area contributed by atoms with Crippen LogP contribution in [0.25, 0.3) is 11.1 Å². The fourth-order valence-corrected chi connectivity index (χ4v) is 3.68. The number of ether oxygens (including phenoxy) is 1. The van der Waals surface area contributed by atoms with E-state index >= 15 is 0 Å². The van der Waals surface area contributed by atoms with Gasteiger partial charge in [-0.3, -0.25) is 0 Å². The predicted molar refractivity (Wildman–Crippen MR) is 125 cm³/mol. The monoisotopic (exact) mass is 410 g/mol. The van der Waals surface area contributed by atoms with Crippen LogP contribution in [0.5, 0.6) is 5.75 Å². The maximum absolute atomic E-state index is 10.9. The molecule has 0 aliphatic rings. The lowest BCUT2D eigenvalue weighted by atomic mass is 10.0. The molecule has 0 saturated carbocycles. The number of carbonyl (C=O) groups is 1. The van der Waals surface area contributed by atoms with Crippen LogP contribution in [0.2, 0.25) is 0 Å². The third-order valence-electron chi connectivity index (χ3n) is 5.59. The van der Waals surface area contributed by atoms with Gasteiger partial charge in [0.25, 0.3) is 0 Å². The first kappa shape index (κ1) is 24.0. The molecule has 2 aromatic carbocycles. The van der Waals surface area contributed by atoms with Crippen molar-refractivity contribution < 1.29 is 14.6 Å². The standard InChI is InChI=1S/C27H38O3/c1-2-3-4-5-6-7-8-9-10-11-12-13-22-30-26-20-18-24(19-21-26)23-14-16-25(17-15-23)27(28)29/h14-21H,2-13,22H2,1H3,(H,28,29). The van der Waals surface area contributed by atoms with Gasteiger partial charge in [-0.05, 0) is 41.8 Å². The number of hydrogen-bond donors (Lipinski definition) is 1. The average Bonchev–Trinajstić information content (AvgIpc) is 2.77. The molecule has 0 atom stereocenters. The van der Waals surface area contributed by atoms with Crippen LogP contribution >= 0.6 is 0 Å². The van der Waals surface area contributed by atoms with E-state index in [9.17, 15) is 4.79 Å². The minimum Gasteiger partial charge on any atom is -0.494 e. The zero-order valence-electron chi connectivity index (χ0n) is 18.6. The molecule has 3 heteroatoms. The molecule has 2 aromatic rings. The third-order valence-corrected chi connectivity index (χ3v) is 5.59. The highest BCUT2D eigenvalue weighted by Gasteiger charge is 2.03. The molecule has 164 valence electrons. The summed E-state index contributed by atoms with van der Waals surface area (Å²) in [5, 5.41) is 8.98. The summed E-state index contributed by atoms with van der Waals surface area (Å²) in [5.41, 5.74) is 2.37. The van der Waals surface area contributed by atoms with E-state index < -0.39 is 5.97 Å². The van der Waals surface area contributed by atoms with Crippen molar-refractivity contribution in [2.75, 3.05) is 6.61 Å². The largest absolute Gasteiger partial charge is 0.494 e. The molecular formula is C27H38O3. The Morgan fingerprint density at radius 3 is 1.57 bits per heavy atom. The Labute approximate surface area is 182 Å². The van der Waals surface area contributed by atoms with Crippen molar-refractivity contribution in [2.24, 2.45) is 0 Å². The highest BCUT2D eigenvalue weighted by atomic mass is 16.5. The Balaban J connectivity index is 1.52. The number of carboxylic acid groups (broad SMARTS) is 1. The summed E-state index contributed by atoms with van der Waals surface area (Å²) in [7, 11) is 0. The van der Waals surface area contributed by atoms with Gasteiger partial charge in [0.15, 0.2) is 0 Å². The van der Waals surface area contributed by atoms with Crippen molar-refractivity contribution >= 4 is 5.97 Å². The maximum Gasteiger partial charge on any atom is 0.335 e.